The van der Waals surface area contributed by atoms with Crippen LogP contribution in [0, 0.1) is 23.7 Å². The molecule has 0 N–H and O–H groups in total. The highest BCUT2D eigenvalue weighted by Crippen LogP contribution is 2.45. The predicted molar refractivity (Wildman–Crippen MR) is 600 cm³/mol. The average Bonchev–Trinajstić information content (AvgIpc) is 1.64. The van der Waals surface area contributed by atoms with Crippen molar-refractivity contribution in [3.63, 3.8) is 0 Å². The average molecular weight is 2000 g/mol. The highest BCUT2D eigenvalue weighted by atomic mass is 16.6. The van der Waals surface area contributed by atoms with Crippen molar-refractivity contribution in [3.05, 3.63) is 247 Å². The fraction of sp³-hybridized carbons (Fsp3) is 0.629. The summed E-state index contributed by atoms with van der Waals surface area (Å²) < 4.78 is 41.0. The van der Waals surface area contributed by atoms with Gasteiger partial charge in [0.1, 0.15) is 39.2 Å². The van der Waals surface area contributed by atoms with Crippen molar-refractivity contribution in [2.75, 3.05) is 0 Å². The standard InChI is InChI=1S/C21H30O2.C20H30O2.2C19H28O2.2C18H26O2.C17H24O2/c1-14-12-17-13-16(10-11-19(17)15(14)2)20(22)23-21(3,4)18-8-6-5-7-9-18;1-5-15(2)16-10-9-11-17(14-16)19(21)22-20(3,4)18-12-7-6-8-13-18;1-5-14(2)15-9-8-10-16(13-15)18(20)21-19(3,4)17-11-6-7-12-17;1-4-15(3)16-10-9-11-17(14-16)18(20)21-19(5-2)12-7-6-8-13-19;1-4-14(2)15-9-8-10-16(13-15)17(19)20-18(3)11-6-5-7-12-18;1-4-14(3)15-9-8-10-16(13-15)17(19)20-18(5-2)11-6-7-12-18;1-4-13(2)14-8-7-9-15(12-14)16(18)19-17(3)10-5-6-11-17/h10-11,13-15,18H,5-9,12H2,1-4H3;9-11,14-15,18H,5-8,12-13H2,1-4H3;8-10,13-14,17H,5-7,11-12H2,1-4H3;9-11,14-15H,4-8,12-13H2,1-3H3;2*8-10,13-14H,4-7,11-12H2,1-3H3;7-9,12-13H,4-6,10-11H2,1-3H3. The van der Waals surface area contributed by atoms with E-state index in [2.05, 4.69) is 215 Å². The molecule has 8 aliphatic rings. The van der Waals surface area contributed by atoms with Crippen LogP contribution in [0.15, 0.2) is 164 Å². The van der Waals surface area contributed by atoms with Gasteiger partial charge < -0.3 is 33.2 Å². The van der Waals surface area contributed by atoms with Gasteiger partial charge in [0.25, 0.3) is 0 Å². The van der Waals surface area contributed by atoms with E-state index in [1.807, 2.05) is 115 Å². The van der Waals surface area contributed by atoms with Crippen molar-refractivity contribution in [2.24, 2.45) is 23.7 Å². The van der Waals surface area contributed by atoms with Crippen molar-refractivity contribution in [1.82, 2.24) is 0 Å². The number of carbonyl (C=O) groups excluding carboxylic acids is 7. The van der Waals surface area contributed by atoms with Crippen LogP contribution in [-0.4, -0.2) is 81.0 Å². The molecule has 0 radical (unpaired) electrons. The summed E-state index contributed by atoms with van der Waals surface area (Å²) in [6.45, 7) is 51.5. The van der Waals surface area contributed by atoms with Gasteiger partial charge in [-0.05, 0) is 449 Å². The van der Waals surface area contributed by atoms with Crippen LogP contribution in [0.5, 0.6) is 0 Å². The molecule has 7 aromatic rings. The molecule has 0 bridgehead atoms. The fourth-order valence-corrected chi connectivity index (χ4v) is 22.8. The van der Waals surface area contributed by atoms with E-state index in [0.29, 0.717) is 104 Å². The van der Waals surface area contributed by atoms with Gasteiger partial charge in [0.2, 0.25) is 0 Å². The van der Waals surface area contributed by atoms with Crippen LogP contribution >= 0.6 is 0 Å². The van der Waals surface area contributed by atoms with E-state index in [0.717, 1.165) is 135 Å². The SMILES string of the molecule is CC1Cc2cc(C(=O)OC(C)(C)C3CCCCC3)ccc2C1C.CCC(C)c1cccc(C(=O)OC(C)(C)C2CCCC2)c1.CCC(C)c1cccc(C(=O)OC(C)(C)C2CCCCC2)c1.CCC(C)c1cccc(C(=O)OC2(C)CCCC2)c1.CCC(C)c1cccc(C(=O)OC2(C)CCCCC2)c1.CCC(C)c1cccc(C(=O)OC2(CC)CCCC2)c1.CCC(C)c1cccc(C(=O)OC2(CC)CCCCC2)c1. The summed E-state index contributed by atoms with van der Waals surface area (Å²) in [4.78, 5) is 87.2. The maximum absolute atomic E-state index is 12.6. The molecule has 0 heterocycles. The molecule has 7 fully saturated rings. The van der Waals surface area contributed by atoms with Crippen molar-refractivity contribution < 1.29 is 66.7 Å². The smallest absolute Gasteiger partial charge is 0.338 e. The summed E-state index contributed by atoms with van der Waals surface area (Å²) in [7, 11) is 0. The lowest BCUT2D eigenvalue weighted by atomic mass is 9.79. The molecule has 0 aromatic heterocycles. The highest BCUT2D eigenvalue weighted by molar-refractivity contribution is 5.93. The minimum absolute atomic E-state index is 0.149. The van der Waals surface area contributed by atoms with E-state index < -0.39 is 0 Å². The molecular formula is C132H192O14. The van der Waals surface area contributed by atoms with Crippen molar-refractivity contribution in [3.8, 4) is 0 Å². The molecule has 146 heavy (non-hydrogen) atoms. The van der Waals surface area contributed by atoms with Gasteiger partial charge in [0.15, 0.2) is 0 Å². The first-order chi connectivity index (χ1) is 69.5. The third-order valence-electron chi connectivity index (χ3n) is 35.1. The molecule has 804 valence electrons. The van der Waals surface area contributed by atoms with E-state index in [4.69, 9.17) is 33.2 Å². The monoisotopic (exact) mass is 2000 g/mol. The summed E-state index contributed by atoms with van der Waals surface area (Å²) in [5.41, 5.74) is 12.9. The van der Waals surface area contributed by atoms with Gasteiger partial charge in [-0.1, -0.05) is 254 Å². The Morgan fingerprint density at radius 2 is 0.500 bits per heavy atom. The zero-order valence-electron chi connectivity index (χ0n) is 95.1. The van der Waals surface area contributed by atoms with Gasteiger partial charge in [-0.2, -0.15) is 0 Å². The van der Waals surface area contributed by atoms with Gasteiger partial charge in [-0.3, -0.25) is 0 Å². The van der Waals surface area contributed by atoms with Crippen molar-refractivity contribution in [1.29, 1.82) is 0 Å². The van der Waals surface area contributed by atoms with Crippen LogP contribution in [0.4, 0.5) is 0 Å². The number of esters is 7. The summed E-state index contributed by atoms with van der Waals surface area (Å²) in [5.74, 6) is 4.44. The normalized spacial score (nSPS) is 19.7. The summed E-state index contributed by atoms with van der Waals surface area (Å²) in [6, 6.07) is 53.6. The van der Waals surface area contributed by atoms with Crippen LogP contribution in [0.2, 0.25) is 0 Å². The molecule has 0 spiro atoms. The Labute approximate surface area is 884 Å². The Bertz CT molecular complexity index is 5190. The number of hydrogen-bond donors (Lipinski definition) is 0. The van der Waals surface area contributed by atoms with Crippen LogP contribution in [0.1, 0.15) is 581 Å². The van der Waals surface area contributed by atoms with Crippen LogP contribution in [0.3, 0.4) is 0 Å². The van der Waals surface area contributed by atoms with E-state index in [1.54, 1.807) is 0 Å². The summed E-state index contributed by atoms with van der Waals surface area (Å²) in [6.07, 6.45) is 46.5. The number of rotatable bonds is 31. The molecule has 0 aliphatic heterocycles. The zero-order chi connectivity index (χ0) is 107. The molecular weight excluding hydrogens is 1810 g/mol. The number of benzene rings is 7. The molecule has 0 saturated heterocycles. The Morgan fingerprint density at radius 1 is 0.281 bits per heavy atom. The van der Waals surface area contributed by atoms with E-state index in [1.165, 1.54) is 173 Å². The predicted octanol–water partition coefficient (Wildman–Crippen LogP) is 36.9. The summed E-state index contributed by atoms with van der Waals surface area (Å²) >= 11 is 0. The Morgan fingerprint density at radius 3 is 0.760 bits per heavy atom. The maximum Gasteiger partial charge on any atom is 0.338 e. The molecule has 8 aliphatic carbocycles. The van der Waals surface area contributed by atoms with Crippen LogP contribution < -0.4 is 0 Å². The number of fused-ring (bicyclic) bond motifs is 1. The van der Waals surface area contributed by atoms with Crippen LogP contribution in [-0.2, 0) is 39.6 Å². The van der Waals surface area contributed by atoms with Crippen LogP contribution in [0.25, 0.3) is 0 Å². The second-order valence-electron chi connectivity index (χ2n) is 47.2. The quantitative estimate of drug-likeness (QED) is 0.0295. The minimum atomic E-state index is -0.371. The highest BCUT2D eigenvalue weighted by Gasteiger charge is 2.42. The first-order valence-corrected chi connectivity index (χ1v) is 57.9. The minimum Gasteiger partial charge on any atom is -0.456 e. The Hall–Kier alpha value is -9.17. The number of ether oxygens (including phenoxy) is 7. The lowest BCUT2D eigenvalue weighted by molar-refractivity contribution is -0.0403. The second-order valence-corrected chi connectivity index (χ2v) is 47.2. The third-order valence-corrected chi connectivity index (χ3v) is 35.1. The number of hydrogen-bond acceptors (Lipinski definition) is 14. The van der Waals surface area contributed by atoms with Gasteiger partial charge in [0, 0.05) is 0 Å². The van der Waals surface area contributed by atoms with E-state index >= 15 is 0 Å². The molecule has 8 unspecified atom stereocenters. The van der Waals surface area contributed by atoms with E-state index in [9.17, 15) is 33.6 Å². The lowest BCUT2D eigenvalue weighted by Gasteiger charge is -2.36. The van der Waals surface area contributed by atoms with Crippen molar-refractivity contribution in [2.45, 2.75) is 510 Å². The molecule has 0 amide bonds. The molecule has 8 atom stereocenters. The number of carbonyl (C=O) groups is 7. The molecule has 14 nitrogen and oxygen atoms in total. The topological polar surface area (TPSA) is 184 Å². The first kappa shape index (κ1) is 120. The molecule has 14 heteroatoms. The van der Waals surface area contributed by atoms with Gasteiger partial charge in [-0.25, -0.2) is 33.6 Å². The largest absolute Gasteiger partial charge is 0.456 e. The maximum atomic E-state index is 12.6. The molecule has 7 aromatic carbocycles. The third kappa shape index (κ3) is 35.8. The zero-order valence-corrected chi connectivity index (χ0v) is 95.1. The Balaban J connectivity index is 0.000000190. The lowest BCUT2D eigenvalue weighted by Crippen LogP contribution is -2.37. The second kappa shape index (κ2) is 57.7. The van der Waals surface area contributed by atoms with Gasteiger partial charge in [0.05, 0.1) is 38.9 Å². The van der Waals surface area contributed by atoms with Gasteiger partial charge >= 0.3 is 41.8 Å². The molecule has 15 rings (SSSR count). The fourth-order valence-electron chi connectivity index (χ4n) is 22.8. The first-order valence-electron chi connectivity index (χ1n) is 57.9. The Kier molecular flexibility index (Phi) is 47.6. The van der Waals surface area contributed by atoms with E-state index in [-0.39, 0.29) is 81.0 Å². The van der Waals surface area contributed by atoms with Crippen molar-refractivity contribution >= 4 is 41.8 Å². The van der Waals surface area contributed by atoms with Gasteiger partial charge in [-0.15, -0.1) is 0 Å². The molecule has 7 saturated carbocycles. The summed E-state index contributed by atoms with van der Waals surface area (Å²) in [5, 5.41) is 0.